The van der Waals surface area contributed by atoms with Crippen LogP contribution in [-0.2, 0) is 11.2 Å². The van der Waals surface area contributed by atoms with Crippen molar-refractivity contribution in [3.63, 3.8) is 0 Å². The van der Waals surface area contributed by atoms with Gasteiger partial charge in [0.1, 0.15) is 18.0 Å². The zero-order chi connectivity index (χ0) is 21.0. The predicted octanol–water partition coefficient (Wildman–Crippen LogP) is 2.89. The summed E-state index contributed by atoms with van der Waals surface area (Å²) in [4.78, 5) is 15.8. The molecule has 4 rings (SSSR count). The summed E-state index contributed by atoms with van der Waals surface area (Å²) in [6.45, 7) is 6.13. The molecule has 0 saturated carbocycles. The van der Waals surface area contributed by atoms with Gasteiger partial charge in [0.05, 0.1) is 11.8 Å². The number of nitrogens with two attached hydrogens (primary N) is 1. The van der Waals surface area contributed by atoms with E-state index in [0.29, 0.717) is 6.61 Å². The van der Waals surface area contributed by atoms with Crippen LogP contribution < -0.4 is 15.4 Å². The van der Waals surface area contributed by atoms with Crippen LogP contribution in [0.1, 0.15) is 26.3 Å². The fraction of sp³-hybridized carbons (Fsp3) is 0.667. The lowest BCUT2D eigenvalue weighted by Crippen LogP contribution is -2.64. The van der Waals surface area contributed by atoms with Crippen molar-refractivity contribution in [1.29, 1.82) is 0 Å². The Hall–Kier alpha value is -2.09. The van der Waals surface area contributed by atoms with Gasteiger partial charge < -0.3 is 25.0 Å². The van der Waals surface area contributed by atoms with Gasteiger partial charge in [0.25, 0.3) is 5.92 Å². The number of carbonyl (C=O) groups is 1. The molecule has 6 nitrogen and oxygen atoms in total. The number of halogens is 2. The number of hydrogen-bond acceptors (Lipinski definition) is 5. The summed E-state index contributed by atoms with van der Waals surface area (Å²) in [6, 6.07) is 5.83. The summed E-state index contributed by atoms with van der Waals surface area (Å²) in [5.74, 6) is -3.89. The number of anilines is 1. The van der Waals surface area contributed by atoms with Crippen molar-refractivity contribution >= 4 is 11.8 Å². The third kappa shape index (κ3) is 3.99. The molecule has 0 spiro atoms. The standard InChI is InChI=1S/C21H29F2N3O3/c1-20(2,3)29-19(27)26-10-14-8-25(9-15(11-26)21(14,22)23)17-5-4-13-6-16(24)12-28-18(13)7-17/h4-5,7,14-16H,6,8-12,24H2,1-3H3/t14?,15?,16-/m1/s1. The number of nitrogens with zero attached hydrogens (tertiary/aromatic N) is 2. The minimum absolute atomic E-state index is 0.00872. The van der Waals surface area contributed by atoms with E-state index in [2.05, 4.69) is 0 Å². The molecule has 3 aliphatic rings. The van der Waals surface area contributed by atoms with Crippen LogP contribution in [0.4, 0.5) is 19.3 Å². The van der Waals surface area contributed by atoms with Crippen LogP contribution in [-0.4, -0.2) is 61.3 Å². The Bertz CT molecular complexity index is 778. The van der Waals surface area contributed by atoms with Crippen molar-refractivity contribution in [2.24, 2.45) is 17.6 Å². The molecule has 1 amide bonds. The maximum Gasteiger partial charge on any atom is 0.410 e. The summed E-state index contributed by atoms with van der Waals surface area (Å²) < 4.78 is 40.8. The number of rotatable bonds is 1. The first-order chi connectivity index (χ1) is 13.5. The second kappa shape index (κ2) is 7.00. The highest BCUT2D eigenvalue weighted by atomic mass is 19.3. The summed E-state index contributed by atoms with van der Waals surface area (Å²) >= 11 is 0. The second-order valence-corrected chi connectivity index (χ2v) is 9.43. The molecule has 3 aliphatic heterocycles. The maximum atomic E-state index is 14.8. The molecular formula is C21H29F2N3O3. The summed E-state index contributed by atoms with van der Waals surface area (Å²) in [5, 5.41) is 0. The molecule has 2 bridgehead atoms. The molecule has 160 valence electrons. The molecule has 2 saturated heterocycles. The number of ether oxygens (including phenoxy) is 2. The molecule has 2 N–H and O–H groups in total. The molecule has 3 heterocycles. The number of alkyl halides is 2. The van der Waals surface area contributed by atoms with Gasteiger partial charge in [-0.05, 0) is 38.8 Å². The highest BCUT2D eigenvalue weighted by molar-refractivity contribution is 5.68. The van der Waals surface area contributed by atoms with Gasteiger partial charge in [-0.15, -0.1) is 0 Å². The van der Waals surface area contributed by atoms with E-state index in [9.17, 15) is 13.6 Å². The number of piperidine rings is 2. The lowest BCUT2D eigenvalue weighted by molar-refractivity contribution is -0.154. The summed E-state index contributed by atoms with van der Waals surface area (Å²) in [5.41, 5.74) is 7.21. The zero-order valence-corrected chi connectivity index (χ0v) is 17.2. The zero-order valence-electron chi connectivity index (χ0n) is 17.2. The lowest BCUT2D eigenvalue weighted by Gasteiger charge is -2.51. The molecule has 2 fully saturated rings. The first-order valence-corrected chi connectivity index (χ1v) is 10.1. The topological polar surface area (TPSA) is 68.0 Å². The number of benzene rings is 1. The molecule has 29 heavy (non-hydrogen) atoms. The summed E-state index contributed by atoms with van der Waals surface area (Å²) in [6.07, 6.45) is 0.235. The average Bonchev–Trinajstić information content (AvgIpc) is 2.59. The number of likely N-dealkylation sites (tertiary alicyclic amines) is 1. The van der Waals surface area contributed by atoms with E-state index < -0.39 is 29.5 Å². The first kappa shape index (κ1) is 20.2. The molecule has 1 aromatic carbocycles. The Morgan fingerprint density at radius 1 is 1.21 bits per heavy atom. The minimum Gasteiger partial charge on any atom is -0.492 e. The van der Waals surface area contributed by atoms with E-state index in [1.165, 1.54) is 4.90 Å². The van der Waals surface area contributed by atoms with E-state index >= 15 is 0 Å². The fourth-order valence-corrected chi connectivity index (χ4v) is 4.42. The monoisotopic (exact) mass is 409 g/mol. The van der Waals surface area contributed by atoms with Crippen LogP contribution in [0, 0.1) is 11.8 Å². The number of hydrogen-bond donors (Lipinski definition) is 1. The number of amides is 1. The van der Waals surface area contributed by atoms with E-state index in [4.69, 9.17) is 15.2 Å². The third-order valence-electron chi connectivity index (χ3n) is 5.85. The van der Waals surface area contributed by atoms with Crippen LogP contribution in [0.3, 0.4) is 0 Å². The van der Waals surface area contributed by atoms with Gasteiger partial charge in [-0.25, -0.2) is 13.6 Å². The van der Waals surface area contributed by atoms with Crippen LogP contribution >= 0.6 is 0 Å². The SMILES string of the molecule is CC(C)(C)OC(=O)N1CC2CN(c3ccc4c(c3)OC[C@H](N)C4)CC(C1)C2(F)F. The van der Waals surface area contributed by atoms with Crippen molar-refractivity contribution in [2.75, 3.05) is 37.7 Å². The summed E-state index contributed by atoms with van der Waals surface area (Å²) in [7, 11) is 0. The Morgan fingerprint density at radius 2 is 1.86 bits per heavy atom. The number of fused-ring (bicyclic) bond motifs is 3. The van der Waals surface area contributed by atoms with Gasteiger partial charge in [0, 0.05) is 44.0 Å². The minimum atomic E-state index is -2.80. The van der Waals surface area contributed by atoms with Gasteiger partial charge in [0.2, 0.25) is 0 Å². The van der Waals surface area contributed by atoms with Crippen LogP contribution in [0.25, 0.3) is 0 Å². The Balaban J connectivity index is 1.50. The van der Waals surface area contributed by atoms with Gasteiger partial charge in [-0.1, -0.05) is 6.07 Å². The fourth-order valence-electron chi connectivity index (χ4n) is 4.42. The Morgan fingerprint density at radius 3 is 2.48 bits per heavy atom. The quantitative estimate of drug-likeness (QED) is 0.773. The van der Waals surface area contributed by atoms with E-state index in [1.807, 2.05) is 23.1 Å². The second-order valence-electron chi connectivity index (χ2n) is 9.43. The maximum absolute atomic E-state index is 14.8. The van der Waals surface area contributed by atoms with Gasteiger partial charge >= 0.3 is 6.09 Å². The molecule has 8 heteroatoms. The van der Waals surface area contributed by atoms with Crippen molar-refractivity contribution in [3.8, 4) is 5.75 Å². The van der Waals surface area contributed by atoms with E-state index in [-0.39, 0.29) is 32.2 Å². The highest BCUT2D eigenvalue weighted by Gasteiger charge is 2.56. The van der Waals surface area contributed by atoms with E-state index in [0.717, 1.165) is 23.4 Å². The molecule has 0 radical (unpaired) electrons. The molecular weight excluding hydrogens is 380 g/mol. The van der Waals surface area contributed by atoms with Gasteiger partial charge in [-0.2, -0.15) is 0 Å². The molecule has 3 atom stereocenters. The number of carbonyl (C=O) groups excluding carboxylic acids is 1. The smallest absolute Gasteiger partial charge is 0.410 e. The first-order valence-electron chi connectivity index (χ1n) is 10.1. The largest absolute Gasteiger partial charge is 0.492 e. The van der Waals surface area contributed by atoms with Gasteiger partial charge in [-0.3, -0.25) is 0 Å². The molecule has 1 aromatic rings. The van der Waals surface area contributed by atoms with Crippen molar-refractivity contribution in [3.05, 3.63) is 23.8 Å². The average molecular weight is 409 g/mol. The van der Waals surface area contributed by atoms with Crippen molar-refractivity contribution in [2.45, 2.75) is 44.8 Å². The van der Waals surface area contributed by atoms with Crippen molar-refractivity contribution < 1.29 is 23.0 Å². The molecule has 2 unspecified atom stereocenters. The third-order valence-corrected chi connectivity index (χ3v) is 5.85. The van der Waals surface area contributed by atoms with E-state index in [1.54, 1.807) is 20.8 Å². The predicted molar refractivity (Wildman–Crippen MR) is 106 cm³/mol. The lowest BCUT2D eigenvalue weighted by atomic mass is 9.80. The normalized spacial score (nSPS) is 28.4. The van der Waals surface area contributed by atoms with Crippen molar-refractivity contribution in [1.82, 2.24) is 4.90 Å². The van der Waals surface area contributed by atoms with Gasteiger partial charge in [0.15, 0.2) is 0 Å². The van der Waals surface area contributed by atoms with Crippen LogP contribution in [0.2, 0.25) is 0 Å². The Kier molecular flexibility index (Phi) is 4.88. The highest BCUT2D eigenvalue weighted by Crippen LogP contribution is 2.44. The van der Waals surface area contributed by atoms with Crippen LogP contribution in [0.5, 0.6) is 5.75 Å². The van der Waals surface area contributed by atoms with Crippen LogP contribution in [0.15, 0.2) is 18.2 Å². The molecule has 0 aromatic heterocycles. The Labute approximate surface area is 169 Å². The molecule has 0 aliphatic carbocycles.